The van der Waals surface area contributed by atoms with Gasteiger partial charge in [-0.2, -0.15) is 0 Å². The van der Waals surface area contributed by atoms with Gasteiger partial charge in [-0.05, 0) is 61.9 Å². The van der Waals surface area contributed by atoms with Crippen LogP contribution in [0.5, 0.6) is 0 Å². The quantitative estimate of drug-likeness (QED) is 0.101. The number of cyclic esters (lactones) is 1. The Bertz CT molecular complexity index is 1760. The highest BCUT2D eigenvalue weighted by Gasteiger charge is 2.50. The summed E-state index contributed by atoms with van der Waals surface area (Å²) in [6.45, 7) is 14.4. The zero-order valence-electron chi connectivity index (χ0n) is 28.0. The topological polar surface area (TPSA) is 126 Å². The Labute approximate surface area is 270 Å². The van der Waals surface area contributed by atoms with Crippen LogP contribution in [0.15, 0.2) is 35.1 Å². The molecule has 10 nitrogen and oxygen atoms in total. The van der Waals surface area contributed by atoms with E-state index in [-0.39, 0.29) is 38.0 Å². The number of carbonyl (C=O) groups excluding carboxylic acids is 3. The summed E-state index contributed by atoms with van der Waals surface area (Å²) in [5, 5.41) is 5.08. The maximum absolute atomic E-state index is 14.1. The number of esters is 2. The van der Waals surface area contributed by atoms with Gasteiger partial charge in [0.15, 0.2) is 0 Å². The average Bonchev–Trinajstić information content (AvgIpc) is 3.35. The highest BCUT2D eigenvalue weighted by Crippen LogP contribution is 2.41. The summed E-state index contributed by atoms with van der Waals surface area (Å²) >= 11 is 0. The molecule has 2 aromatic heterocycles. The number of rotatable bonds is 10. The highest BCUT2D eigenvalue weighted by molar-refractivity contribution is 6.91. The molecule has 1 amide bonds. The molecule has 1 N–H and O–H groups in total. The largest absolute Gasteiger partial charge is 0.457 e. The lowest BCUT2D eigenvalue weighted by molar-refractivity contribution is -0.189. The molecule has 246 valence electrons. The van der Waals surface area contributed by atoms with Gasteiger partial charge < -0.3 is 24.1 Å². The Kier molecular flexibility index (Phi) is 9.18. The van der Waals surface area contributed by atoms with Crippen LogP contribution in [0.3, 0.4) is 0 Å². The van der Waals surface area contributed by atoms with Gasteiger partial charge in [-0.3, -0.25) is 9.59 Å². The number of para-hydroxylation sites is 1. The normalized spacial score (nSPS) is 17.2. The molecule has 0 aliphatic carbocycles. The molecule has 0 saturated carbocycles. The molecular formula is C35H45N3O7Si. The Hall–Kier alpha value is -3.99. The van der Waals surface area contributed by atoms with Crippen LogP contribution in [0.4, 0.5) is 4.79 Å². The zero-order chi connectivity index (χ0) is 33.4. The SMILES string of the molecule is CCCC[Si](C)(C)c1c2c(nc3ccccc13)-c1cc3c(c(=O)n1C2)COC(=O)[C@@]3(CC)OC(=O)CCCNC(=O)OC(C)(C)C. The van der Waals surface area contributed by atoms with Crippen molar-refractivity contribution in [1.29, 1.82) is 0 Å². The third-order valence-electron chi connectivity index (χ3n) is 8.91. The van der Waals surface area contributed by atoms with Crippen LogP contribution in [0.1, 0.15) is 83.4 Å². The number of nitrogens with one attached hydrogen (secondary N) is 1. The first-order valence-electron chi connectivity index (χ1n) is 16.3. The molecule has 0 spiro atoms. The van der Waals surface area contributed by atoms with E-state index >= 15 is 0 Å². The summed E-state index contributed by atoms with van der Waals surface area (Å²) < 4.78 is 18.4. The number of benzene rings is 1. The minimum Gasteiger partial charge on any atom is -0.457 e. The Morgan fingerprint density at radius 1 is 1.11 bits per heavy atom. The van der Waals surface area contributed by atoms with Crippen molar-refractivity contribution < 1.29 is 28.6 Å². The average molecular weight is 648 g/mol. The fourth-order valence-electron chi connectivity index (χ4n) is 6.68. The maximum atomic E-state index is 14.1. The molecule has 0 radical (unpaired) electrons. The molecule has 0 fully saturated rings. The van der Waals surface area contributed by atoms with Gasteiger partial charge in [0.25, 0.3) is 5.56 Å². The Morgan fingerprint density at radius 2 is 1.85 bits per heavy atom. The Balaban J connectivity index is 1.51. The molecule has 0 unspecified atom stereocenters. The molecule has 2 aliphatic rings. The molecule has 11 heteroatoms. The van der Waals surface area contributed by atoms with Crippen LogP contribution in [0.25, 0.3) is 22.3 Å². The number of hydrogen-bond acceptors (Lipinski definition) is 8. The minimum atomic E-state index is -1.95. The van der Waals surface area contributed by atoms with Crippen molar-refractivity contribution >= 4 is 42.2 Å². The smallest absolute Gasteiger partial charge is 0.407 e. The van der Waals surface area contributed by atoms with Crippen LogP contribution >= 0.6 is 0 Å². The molecule has 1 aromatic carbocycles. The monoisotopic (exact) mass is 647 g/mol. The number of hydrogen-bond donors (Lipinski definition) is 1. The Morgan fingerprint density at radius 3 is 2.54 bits per heavy atom. The predicted octanol–water partition coefficient (Wildman–Crippen LogP) is 5.65. The second-order valence-electron chi connectivity index (χ2n) is 13.9. The molecule has 0 bridgehead atoms. The lowest BCUT2D eigenvalue weighted by Crippen LogP contribution is -2.47. The fraction of sp³-hybridized carbons (Fsp3) is 0.514. The third-order valence-corrected chi connectivity index (χ3v) is 12.4. The lowest BCUT2D eigenvalue weighted by Gasteiger charge is -2.35. The second-order valence-corrected chi connectivity index (χ2v) is 18.7. The summed E-state index contributed by atoms with van der Waals surface area (Å²) in [5.41, 5.74) is 1.30. The molecular weight excluding hydrogens is 602 g/mol. The van der Waals surface area contributed by atoms with Gasteiger partial charge in [-0.25, -0.2) is 14.6 Å². The number of ether oxygens (including phenoxy) is 3. The number of pyridine rings is 2. The van der Waals surface area contributed by atoms with E-state index in [0.717, 1.165) is 41.0 Å². The van der Waals surface area contributed by atoms with Crippen LogP contribution < -0.4 is 16.1 Å². The van der Waals surface area contributed by atoms with Gasteiger partial charge in [-0.1, -0.05) is 64.0 Å². The minimum absolute atomic E-state index is 0.0543. The number of fused-ring (bicyclic) bond motifs is 5. The molecule has 0 saturated heterocycles. The molecule has 1 atom stereocenters. The third kappa shape index (κ3) is 6.21. The summed E-state index contributed by atoms with van der Waals surface area (Å²) in [6, 6.07) is 11.1. The van der Waals surface area contributed by atoms with Crippen molar-refractivity contribution in [2.75, 3.05) is 6.54 Å². The van der Waals surface area contributed by atoms with Gasteiger partial charge in [-0.15, -0.1) is 0 Å². The fourth-order valence-corrected chi connectivity index (χ4v) is 10.1. The van der Waals surface area contributed by atoms with Gasteiger partial charge in [0.2, 0.25) is 5.60 Å². The van der Waals surface area contributed by atoms with Crippen LogP contribution in [-0.2, 0) is 42.6 Å². The van der Waals surface area contributed by atoms with Crippen LogP contribution in [-0.4, -0.2) is 47.8 Å². The van der Waals surface area contributed by atoms with Crippen LogP contribution in [0, 0.1) is 0 Å². The van der Waals surface area contributed by atoms with E-state index in [9.17, 15) is 19.2 Å². The van der Waals surface area contributed by atoms with Gasteiger partial charge in [0.1, 0.15) is 12.2 Å². The van der Waals surface area contributed by atoms with Crippen molar-refractivity contribution in [3.05, 3.63) is 57.4 Å². The van der Waals surface area contributed by atoms with E-state index < -0.39 is 37.3 Å². The van der Waals surface area contributed by atoms with E-state index in [2.05, 4.69) is 31.4 Å². The molecule has 46 heavy (non-hydrogen) atoms. The lowest BCUT2D eigenvalue weighted by atomic mass is 9.85. The van der Waals surface area contributed by atoms with Crippen LogP contribution in [0.2, 0.25) is 19.1 Å². The van der Waals surface area contributed by atoms with E-state index in [0.29, 0.717) is 23.4 Å². The molecule has 5 rings (SSSR count). The van der Waals surface area contributed by atoms with E-state index in [4.69, 9.17) is 19.2 Å². The summed E-state index contributed by atoms with van der Waals surface area (Å²) in [4.78, 5) is 57.7. The van der Waals surface area contributed by atoms with Gasteiger partial charge in [0.05, 0.1) is 37.1 Å². The van der Waals surface area contributed by atoms with Crippen molar-refractivity contribution in [3.8, 4) is 11.4 Å². The van der Waals surface area contributed by atoms with Crippen molar-refractivity contribution in [1.82, 2.24) is 14.9 Å². The van der Waals surface area contributed by atoms with Gasteiger partial charge in [0, 0.05) is 18.5 Å². The summed E-state index contributed by atoms with van der Waals surface area (Å²) in [6.07, 6.45) is 1.97. The number of aromatic nitrogens is 2. The second kappa shape index (κ2) is 12.7. The number of alkyl carbamates (subject to hydrolysis) is 1. The van der Waals surface area contributed by atoms with E-state index in [1.807, 2.05) is 24.3 Å². The van der Waals surface area contributed by atoms with Crippen molar-refractivity contribution in [2.24, 2.45) is 0 Å². The predicted molar refractivity (Wildman–Crippen MR) is 179 cm³/mol. The highest BCUT2D eigenvalue weighted by atomic mass is 28.3. The molecule has 2 aliphatic heterocycles. The molecule has 3 aromatic rings. The zero-order valence-corrected chi connectivity index (χ0v) is 29.0. The first-order chi connectivity index (χ1) is 21.7. The number of carbonyl (C=O) groups is 3. The number of amides is 1. The first kappa shape index (κ1) is 33.4. The summed E-state index contributed by atoms with van der Waals surface area (Å²) in [7, 11) is -1.95. The van der Waals surface area contributed by atoms with E-state index in [1.165, 1.54) is 5.19 Å². The van der Waals surface area contributed by atoms with Crippen molar-refractivity contribution in [3.63, 3.8) is 0 Å². The van der Waals surface area contributed by atoms with E-state index in [1.54, 1.807) is 32.3 Å². The van der Waals surface area contributed by atoms with Crippen molar-refractivity contribution in [2.45, 2.75) is 110 Å². The number of nitrogens with zero attached hydrogens (tertiary/aromatic N) is 2. The maximum Gasteiger partial charge on any atom is 0.407 e. The standard InChI is InChI=1S/C35H45N3O7Si/c1-8-10-18-46(6,7)30-22-14-11-12-15-26(22)37-29-23(30)20-38-27(29)19-25-24(31(38)40)21-43-32(41)35(25,9-2)44-28(39)16-13-17-36-33(42)45-34(3,4)5/h11-12,14-15,19H,8-10,13,16-18,20-21H2,1-7H3,(H,36,42)/t35-/m0/s1. The molecule has 4 heterocycles. The van der Waals surface area contributed by atoms with Gasteiger partial charge >= 0.3 is 18.0 Å². The first-order valence-corrected chi connectivity index (χ1v) is 19.5. The number of unbranched alkanes of at least 4 members (excludes halogenated alkanes) is 1. The summed E-state index contributed by atoms with van der Waals surface area (Å²) in [5.74, 6) is -1.33.